The fraction of sp³-hybridized carbons (Fsp3) is 0.364. The number of hydrogen-bond acceptors (Lipinski definition) is 4. The molecule has 0 amide bonds. The molecule has 4 rings (SSSR count). The standard InChI is InChI=1S/C22H26ClN5/c1-15(2)14-26-9-11-27(12-10-26)20-13-16(3)24-22-17(4)21(25-28(20)22)18-5-7-19(23)8-6-18/h5-8,13H,1,9-12,14H2,2-4H3. The molecule has 0 bridgehead atoms. The van der Waals surface area contributed by atoms with Crippen LogP contribution in [0.4, 0.5) is 5.82 Å². The third kappa shape index (κ3) is 3.64. The summed E-state index contributed by atoms with van der Waals surface area (Å²) >= 11 is 6.05. The summed E-state index contributed by atoms with van der Waals surface area (Å²) in [6.07, 6.45) is 0. The van der Waals surface area contributed by atoms with E-state index in [1.165, 1.54) is 5.57 Å². The van der Waals surface area contributed by atoms with Gasteiger partial charge >= 0.3 is 0 Å². The monoisotopic (exact) mass is 395 g/mol. The van der Waals surface area contributed by atoms with Gasteiger partial charge in [-0.15, -0.1) is 0 Å². The van der Waals surface area contributed by atoms with Crippen molar-refractivity contribution in [1.82, 2.24) is 19.5 Å². The molecule has 1 aliphatic heterocycles. The summed E-state index contributed by atoms with van der Waals surface area (Å²) in [6, 6.07) is 9.97. The number of nitrogens with zero attached hydrogens (tertiary/aromatic N) is 5. The van der Waals surface area contributed by atoms with Gasteiger partial charge in [-0.05, 0) is 32.9 Å². The van der Waals surface area contributed by atoms with Crippen molar-refractivity contribution in [3.63, 3.8) is 0 Å². The highest BCUT2D eigenvalue weighted by Crippen LogP contribution is 2.29. The second kappa shape index (κ2) is 7.57. The third-order valence-electron chi connectivity index (χ3n) is 5.24. The molecule has 0 saturated carbocycles. The van der Waals surface area contributed by atoms with Crippen molar-refractivity contribution in [2.75, 3.05) is 37.6 Å². The van der Waals surface area contributed by atoms with Crippen LogP contribution in [0.2, 0.25) is 5.02 Å². The minimum atomic E-state index is 0.729. The summed E-state index contributed by atoms with van der Waals surface area (Å²) < 4.78 is 2.00. The first-order valence-electron chi connectivity index (χ1n) is 9.67. The van der Waals surface area contributed by atoms with E-state index >= 15 is 0 Å². The predicted molar refractivity (Wildman–Crippen MR) is 116 cm³/mol. The van der Waals surface area contributed by atoms with E-state index in [9.17, 15) is 0 Å². The van der Waals surface area contributed by atoms with Gasteiger partial charge in [0.1, 0.15) is 5.82 Å². The first kappa shape index (κ1) is 19.0. The number of hydrogen-bond donors (Lipinski definition) is 0. The van der Waals surface area contributed by atoms with Crippen LogP contribution in [0.25, 0.3) is 16.9 Å². The van der Waals surface area contributed by atoms with Gasteiger partial charge in [0.15, 0.2) is 5.65 Å². The van der Waals surface area contributed by atoms with Crippen LogP contribution in [-0.2, 0) is 0 Å². The van der Waals surface area contributed by atoms with Crippen molar-refractivity contribution in [3.8, 4) is 11.3 Å². The van der Waals surface area contributed by atoms with Crippen LogP contribution in [0, 0.1) is 13.8 Å². The first-order chi connectivity index (χ1) is 13.4. The summed E-state index contributed by atoms with van der Waals surface area (Å²) in [5.74, 6) is 1.11. The lowest BCUT2D eigenvalue weighted by Gasteiger charge is -2.36. The number of aromatic nitrogens is 3. The molecule has 3 heterocycles. The van der Waals surface area contributed by atoms with E-state index in [-0.39, 0.29) is 0 Å². The zero-order valence-corrected chi connectivity index (χ0v) is 17.5. The van der Waals surface area contributed by atoms with Gasteiger partial charge in [-0.2, -0.15) is 9.61 Å². The smallest absolute Gasteiger partial charge is 0.161 e. The molecule has 146 valence electrons. The van der Waals surface area contributed by atoms with Crippen LogP contribution < -0.4 is 4.90 Å². The van der Waals surface area contributed by atoms with Crippen molar-refractivity contribution >= 4 is 23.1 Å². The molecule has 5 nitrogen and oxygen atoms in total. The lowest BCUT2D eigenvalue weighted by atomic mass is 10.1. The molecular weight excluding hydrogens is 370 g/mol. The number of rotatable bonds is 4. The van der Waals surface area contributed by atoms with E-state index in [2.05, 4.69) is 43.2 Å². The fourth-order valence-electron chi connectivity index (χ4n) is 3.85. The molecule has 1 saturated heterocycles. The highest BCUT2D eigenvalue weighted by atomic mass is 35.5. The first-order valence-corrected chi connectivity index (χ1v) is 10.0. The number of fused-ring (bicyclic) bond motifs is 1. The zero-order valence-electron chi connectivity index (χ0n) is 16.7. The SMILES string of the molecule is C=C(C)CN1CCN(c2cc(C)nc3c(C)c(-c4ccc(Cl)cc4)nn23)CC1. The topological polar surface area (TPSA) is 36.7 Å². The van der Waals surface area contributed by atoms with Gasteiger partial charge in [0.05, 0.1) is 5.69 Å². The summed E-state index contributed by atoms with van der Waals surface area (Å²) in [5, 5.41) is 5.67. The normalized spacial score (nSPS) is 15.4. The molecule has 0 atom stereocenters. The molecule has 0 spiro atoms. The molecule has 3 aromatic rings. The lowest BCUT2D eigenvalue weighted by Crippen LogP contribution is -2.47. The predicted octanol–water partition coefficient (Wildman–Crippen LogP) is 4.36. The highest BCUT2D eigenvalue weighted by molar-refractivity contribution is 6.30. The molecule has 0 unspecified atom stereocenters. The molecule has 2 aromatic heterocycles. The van der Waals surface area contributed by atoms with Crippen LogP contribution >= 0.6 is 11.6 Å². The zero-order chi connectivity index (χ0) is 19.8. The Morgan fingerprint density at radius 1 is 1.11 bits per heavy atom. The summed E-state index contributed by atoms with van der Waals surface area (Å²) in [7, 11) is 0. The Kier molecular flexibility index (Phi) is 5.13. The van der Waals surface area contributed by atoms with E-state index in [1.54, 1.807) is 0 Å². The van der Waals surface area contributed by atoms with Crippen LogP contribution in [0.5, 0.6) is 0 Å². The Hall–Kier alpha value is -2.37. The molecule has 1 aliphatic rings. The number of halogens is 1. The minimum Gasteiger partial charge on any atom is -0.354 e. The van der Waals surface area contributed by atoms with Gasteiger partial charge in [0.25, 0.3) is 0 Å². The molecule has 1 aromatic carbocycles. The van der Waals surface area contributed by atoms with Crippen molar-refractivity contribution in [1.29, 1.82) is 0 Å². The highest BCUT2D eigenvalue weighted by Gasteiger charge is 2.22. The maximum atomic E-state index is 6.05. The summed E-state index contributed by atoms with van der Waals surface area (Å²) in [6.45, 7) is 15.2. The third-order valence-corrected chi connectivity index (χ3v) is 5.49. The lowest BCUT2D eigenvalue weighted by molar-refractivity contribution is 0.277. The van der Waals surface area contributed by atoms with E-state index in [4.69, 9.17) is 21.7 Å². The molecule has 28 heavy (non-hydrogen) atoms. The Balaban J connectivity index is 1.70. The molecular formula is C22H26ClN5. The number of benzene rings is 1. The Morgan fingerprint density at radius 3 is 2.43 bits per heavy atom. The van der Waals surface area contributed by atoms with Gasteiger partial charge in [-0.1, -0.05) is 35.9 Å². The summed E-state index contributed by atoms with van der Waals surface area (Å²) in [5.41, 5.74) is 6.25. The number of anilines is 1. The summed E-state index contributed by atoms with van der Waals surface area (Å²) in [4.78, 5) is 9.64. The van der Waals surface area contributed by atoms with Gasteiger partial charge in [0, 0.05) is 60.6 Å². The average Bonchev–Trinajstić information content (AvgIpc) is 2.99. The van der Waals surface area contributed by atoms with Crippen LogP contribution in [-0.4, -0.2) is 52.2 Å². The Bertz CT molecular complexity index is 1010. The molecule has 0 radical (unpaired) electrons. The molecule has 6 heteroatoms. The second-order valence-electron chi connectivity index (χ2n) is 7.69. The van der Waals surface area contributed by atoms with Gasteiger partial charge in [-0.3, -0.25) is 4.90 Å². The Morgan fingerprint density at radius 2 is 1.79 bits per heavy atom. The maximum Gasteiger partial charge on any atom is 0.161 e. The minimum absolute atomic E-state index is 0.729. The average molecular weight is 396 g/mol. The van der Waals surface area contributed by atoms with Crippen LogP contribution in [0.15, 0.2) is 42.5 Å². The van der Waals surface area contributed by atoms with E-state index in [0.29, 0.717) is 0 Å². The number of aryl methyl sites for hydroxylation is 2. The van der Waals surface area contributed by atoms with Crippen molar-refractivity contribution in [3.05, 3.63) is 58.8 Å². The molecule has 0 aliphatic carbocycles. The second-order valence-corrected chi connectivity index (χ2v) is 8.13. The maximum absolute atomic E-state index is 6.05. The van der Waals surface area contributed by atoms with Gasteiger partial charge in [-0.25, -0.2) is 4.98 Å². The molecule has 1 fully saturated rings. The Labute approximate surface area is 171 Å². The van der Waals surface area contributed by atoms with E-state index in [0.717, 1.165) is 71.7 Å². The number of piperazine rings is 1. The van der Waals surface area contributed by atoms with Crippen molar-refractivity contribution in [2.45, 2.75) is 20.8 Å². The van der Waals surface area contributed by atoms with Gasteiger partial charge < -0.3 is 4.90 Å². The van der Waals surface area contributed by atoms with Crippen molar-refractivity contribution in [2.24, 2.45) is 0 Å². The molecule has 0 N–H and O–H groups in total. The van der Waals surface area contributed by atoms with Crippen molar-refractivity contribution < 1.29 is 0 Å². The quantitative estimate of drug-likeness (QED) is 0.615. The van der Waals surface area contributed by atoms with E-state index < -0.39 is 0 Å². The fourth-order valence-corrected chi connectivity index (χ4v) is 3.98. The van der Waals surface area contributed by atoms with Gasteiger partial charge in [0.2, 0.25) is 0 Å². The van der Waals surface area contributed by atoms with Crippen LogP contribution in [0.3, 0.4) is 0 Å². The van der Waals surface area contributed by atoms with Crippen LogP contribution in [0.1, 0.15) is 18.2 Å². The largest absolute Gasteiger partial charge is 0.354 e. The van der Waals surface area contributed by atoms with E-state index in [1.807, 2.05) is 28.8 Å².